The zero-order valence-electron chi connectivity index (χ0n) is 11.1. The summed E-state index contributed by atoms with van der Waals surface area (Å²) in [7, 11) is 0. The lowest BCUT2D eigenvalue weighted by atomic mass is 10.1. The first-order chi connectivity index (χ1) is 9.01. The molecule has 0 radical (unpaired) electrons. The number of carbonyl (C=O) groups excluding carboxylic acids is 2. The minimum absolute atomic E-state index is 0.0330. The maximum atomic E-state index is 13.2. The Morgan fingerprint density at radius 3 is 2.84 bits per heavy atom. The molecule has 1 N–H and O–H groups in total. The number of piperazine rings is 1. The SMILES string of the molecule is CCC1NC(=O)CN(Cc2cc(F)ccc2C)C1=O. The van der Waals surface area contributed by atoms with Gasteiger partial charge in [-0.25, -0.2) is 4.39 Å². The molecule has 1 unspecified atom stereocenters. The number of nitrogens with zero attached hydrogens (tertiary/aromatic N) is 1. The van der Waals surface area contributed by atoms with Crippen molar-refractivity contribution in [1.82, 2.24) is 10.2 Å². The van der Waals surface area contributed by atoms with Crippen LogP contribution in [0.3, 0.4) is 0 Å². The van der Waals surface area contributed by atoms with E-state index >= 15 is 0 Å². The third kappa shape index (κ3) is 2.92. The molecule has 2 amide bonds. The third-order valence-corrected chi connectivity index (χ3v) is 3.36. The maximum absolute atomic E-state index is 13.2. The van der Waals surface area contributed by atoms with Gasteiger partial charge >= 0.3 is 0 Å². The molecular weight excluding hydrogens is 247 g/mol. The van der Waals surface area contributed by atoms with E-state index < -0.39 is 6.04 Å². The lowest BCUT2D eigenvalue weighted by Gasteiger charge is -2.32. The number of rotatable bonds is 3. The van der Waals surface area contributed by atoms with Gasteiger partial charge in [0.2, 0.25) is 11.8 Å². The standard InChI is InChI=1S/C14H17FN2O2/c1-3-12-14(19)17(8-13(18)16-12)7-10-6-11(15)5-4-9(10)2/h4-6,12H,3,7-8H2,1-2H3,(H,16,18). The summed E-state index contributed by atoms with van der Waals surface area (Å²) in [6.45, 7) is 4.01. The average molecular weight is 264 g/mol. The van der Waals surface area contributed by atoms with Gasteiger partial charge in [-0.3, -0.25) is 9.59 Å². The third-order valence-electron chi connectivity index (χ3n) is 3.36. The van der Waals surface area contributed by atoms with Gasteiger partial charge in [0.1, 0.15) is 11.9 Å². The van der Waals surface area contributed by atoms with E-state index in [0.717, 1.165) is 11.1 Å². The van der Waals surface area contributed by atoms with E-state index in [9.17, 15) is 14.0 Å². The summed E-state index contributed by atoms with van der Waals surface area (Å²) in [5.41, 5.74) is 1.64. The summed E-state index contributed by atoms with van der Waals surface area (Å²) in [5, 5.41) is 2.65. The van der Waals surface area contributed by atoms with Gasteiger partial charge in [0.15, 0.2) is 0 Å². The molecule has 1 fully saturated rings. The van der Waals surface area contributed by atoms with Crippen LogP contribution in [0.25, 0.3) is 0 Å². The zero-order valence-corrected chi connectivity index (χ0v) is 11.1. The number of carbonyl (C=O) groups is 2. The number of hydrogen-bond acceptors (Lipinski definition) is 2. The molecule has 1 heterocycles. The van der Waals surface area contributed by atoms with Crippen molar-refractivity contribution >= 4 is 11.8 Å². The quantitative estimate of drug-likeness (QED) is 0.896. The second-order valence-electron chi connectivity index (χ2n) is 4.79. The van der Waals surface area contributed by atoms with Crippen molar-refractivity contribution < 1.29 is 14.0 Å². The predicted octanol–water partition coefficient (Wildman–Crippen LogP) is 1.37. The first-order valence-corrected chi connectivity index (χ1v) is 6.34. The molecule has 0 saturated carbocycles. The summed E-state index contributed by atoms with van der Waals surface area (Å²) in [6.07, 6.45) is 0.559. The molecule has 0 spiro atoms. The molecule has 0 bridgehead atoms. The molecule has 1 saturated heterocycles. The van der Waals surface area contributed by atoms with Gasteiger partial charge in [-0.1, -0.05) is 13.0 Å². The van der Waals surface area contributed by atoms with E-state index in [1.54, 1.807) is 6.07 Å². The first kappa shape index (κ1) is 13.5. The summed E-state index contributed by atoms with van der Waals surface area (Å²) >= 11 is 0. The van der Waals surface area contributed by atoms with Crippen LogP contribution in [0.5, 0.6) is 0 Å². The normalized spacial score (nSPS) is 19.5. The highest BCUT2D eigenvalue weighted by Gasteiger charge is 2.31. The van der Waals surface area contributed by atoms with Gasteiger partial charge in [-0.15, -0.1) is 0 Å². The number of amides is 2. The number of benzene rings is 1. The zero-order chi connectivity index (χ0) is 14.0. The van der Waals surface area contributed by atoms with Crippen LogP contribution >= 0.6 is 0 Å². The molecule has 1 atom stereocenters. The van der Waals surface area contributed by atoms with E-state index in [1.165, 1.54) is 17.0 Å². The minimum atomic E-state index is -0.463. The summed E-state index contributed by atoms with van der Waals surface area (Å²) < 4.78 is 13.2. The molecule has 4 nitrogen and oxygen atoms in total. The van der Waals surface area contributed by atoms with Gasteiger partial charge in [-0.2, -0.15) is 0 Å². The van der Waals surface area contributed by atoms with Crippen LogP contribution < -0.4 is 5.32 Å². The van der Waals surface area contributed by atoms with Gasteiger partial charge in [-0.05, 0) is 36.6 Å². The van der Waals surface area contributed by atoms with Crippen LogP contribution in [0.4, 0.5) is 4.39 Å². The Labute approximate surface area is 111 Å². The van der Waals surface area contributed by atoms with Gasteiger partial charge < -0.3 is 10.2 Å². The molecule has 5 heteroatoms. The Bertz CT molecular complexity index is 516. The fourth-order valence-corrected chi connectivity index (χ4v) is 2.20. The fraction of sp³-hybridized carbons (Fsp3) is 0.429. The Kier molecular flexibility index (Phi) is 3.83. The van der Waals surface area contributed by atoms with E-state index in [2.05, 4.69) is 5.32 Å². The molecule has 1 aliphatic rings. The van der Waals surface area contributed by atoms with Crippen molar-refractivity contribution in [3.63, 3.8) is 0 Å². The van der Waals surface area contributed by atoms with Gasteiger partial charge in [0.05, 0.1) is 6.54 Å². The second kappa shape index (κ2) is 5.38. The largest absolute Gasteiger partial charge is 0.343 e. The molecule has 19 heavy (non-hydrogen) atoms. The molecular formula is C14H17FN2O2. The van der Waals surface area contributed by atoms with Crippen LogP contribution in [0.1, 0.15) is 24.5 Å². The molecule has 102 valence electrons. The Balaban J connectivity index is 2.19. The second-order valence-corrected chi connectivity index (χ2v) is 4.79. The van der Waals surface area contributed by atoms with Crippen molar-refractivity contribution in [2.75, 3.05) is 6.54 Å². The summed E-state index contributed by atoms with van der Waals surface area (Å²) in [6, 6.07) is 4.01. The lowest BCUT2D eigenvalue weighted by molar-refractivity contribution is -0.144. The molecule has 0 aromatic heterocycles. The Hall–Kier alpha value is -1.91. The predicted molar refractivity (Wildman–Crippen MR) is 68.8 cm³/mol. The number of aryl methyl sites for hydroxylation is 1. The number of halogens is 1. The molecule has 1 aromatic carbocycles. The Morgan fingerprint density at radius 2 is 2.16 bits per heavy atom. The van der Waals surface area contributed by atoms with E-state index in [0.29, 0.717) is 6.42 Å². The van der Waals surface area contributed by atoms with Crippen LogP contribution in [0.2, 0.25) is 0 Å². The van der Waals surface area contributed by atoms with E-state index in [4.69, 9.17) is 0 Å². The van der Waals surface area contributed by atoms with Crippen LogP contribution in [0.15, 0.2) is 18.2 Å². The van der Waals surface area contributed by atoms with Crippen LogP contribution in [0, 0.1) is 12.7 Å². The van der Waals surface area contributed by atoms with E-state index in [-0.39, 0.29) is 30.7 Å². The monoisotopic (exact) mass is 264 g/mol. The summed E-state index contributed by atoms with van der Waals surface area (Å²) in [4.78, 5) is 25.2. The van der Waals surface area contributed by atoms with Crippen molar-refractivity contribution in [2.45, 2.75) is 32.9 Å². The molecule has 1 aromatic rings. The average Bonchev–Trinajstić information content (AvgIpc) is 2.37. The maximum Gasteiger partial charge on any atom is 0.245 e. The van der Waals surface area contributed by atoms with Gasteiger partial charge in [0, 0.05) is 6.54 Å². The molecule has 2 rings (SSSR count). The summed E-state index contributed by atoms with van der Waals surface area (Å²) in [5.74, 6) is -0.604. The van der Waals surface area contributed by atoms with Crippen molar-refractivity contribution in [1.29, 1.82) is 0 Å². The lowest BCUT2D eigenvalue weighted by Crippen LogP contribution is -2.57. The highest BCUT2D eigenvalue weighted by atomic mass is 19.1. The highest BCUT2D eigenvalue weighted by Crippen LogP contribution is 2.15. The van der Waals surface area contributed by atoms with Crippen molar-refractivity contribution in [3.8, 4) is 0 Å². The topological polar surface area (TPSA) is 49.4 Å². The Morgan fingerprint density at radius 1 is 1.42 bits per heavy atom. The van der Waals surface area contributed by atoms with Crippen molar-refractivity contribution in [3.05, 3.63) is 35.1 Å². The highest BCUT2D eigenvalue weighted by molar-refractivity contribution is 5.94. The number of nitrogens with one attached hydrogen (secondary N) is 1. The van der Waals surface area contributed by atoms with Crippen LogP contribution in [-0.4, -0.2) is 29.3 Å². The van der Waals surface area contributed by atoms with Crippen LogP contribution in [-0.2, 0) is 16.1 Å². The van der Waals surface area contributed by atoms with Gasteiger partial charge in [0.25, 0.3) is 0 Å². The minimum Gasteiger partial charge on any atom is -0.343 e. The first-order valence-electron chi connectivity index (χ1n) is 6.34. The molecule has 0 aliphatic carbocycles. The number of hydrogen-bond donors (Lipinski definition) is 1. The molecule has 1 aliphatic heterocycles. The fourth-order valence-electron chi connectivity index (χ4n) is 2.20. The van der Waals surface area contributed by atoms with E-state index in [1.807, 2.05) is 13.8 Å². The van der Waals surface area contributed by atoms with Crippen molar-refractivity contribution in [2.24, 2.45) is 0 Å². The smallest absolute Gasteiger partial charge is 0.245 e.